The van der Waals surface area contributed by atoms with E-state index < -0.39 is 0 Å². The summed E-state index contributed by atoms with van der Waals surface area (Å²) in [6.45, 7) is 0. The summed E-state index contributed by atoms with van der Waals surface area (Å²) in [6, 6.07) is 38.4. The van der Waals surface area contributed by atoms with Crippen molar-refractivity contribution in [2.75, 3.05) is 0 Å². The fourth-order valence-electron chi connectivity index (χ4n) is 5.54. The summed E-state index contributed by atoms with van der Waals surface area (Å²) in [7, 11) is 0. The molecule has 0 atom stereocenters. The van der Waals surface area contributed by atoms with Crippen LogP contribution in [0.15, 0.2) is 118 Å². The van der Waals surface area contributed by atoms with Crippen molar-refractivity contribution in [1.82, 2.24) is 0 Å². The van der Waals surface area contributed by atoms with Gasteiger partial charge >= 0.3 is 0 Å². The predicted molar refractivity (Wildman–Crippen MR) is 141 cm³/mol. The lowest BCUT2D eigenvalue weighted by molar-refractivity contribution is 0.634. The molecule has 0 spiro atoms. The molecule has 0 aliphatic heterocycles. The average molecular weight is 434 g/mol. The largest absolute Gasteiger partial charge is 0.452 e. The Morgan fingerprint density at radius 3 is 1.71 bits per heavy atom. The third-order valence-corrected chi connectivity index (χ3v) is 7.05. The van der Waals surface area contributed by atoms with Crippen LogP contribution in [0, 0.1) is 0 Å². The summed E-state index contributed by atoms with van der Waals surface area (Å²) in [5, 5.41) is 9.28. The molecule has 34 heavy (non-hydrogen) atoms. The molecular weight excluding hydrogens is 416 g/mol. The molecule has 0 aliphatic rings. The highest BCUT2D eigenvalue weighted by Crippen LogP contribution is 2.44. The maximum absolute atomic E-state index is 6.68. The van der Waals surface area contributed by atoms with E-state index in [0.29, 0.717) is 0 Å². The first-order valence-electron chi connectivity index (χ1n) is 11.5. The van der Waals surface area contributed by atoms with E-state index in [1.807, 2.05) is 18.2 Å². The Kier molecular flexibility index (Phi) is 3.42. The van der Waals surface area contributed by atoms with E-state index in [1.54, 1.807) is 0 Å². The van der Waals surface area contributed by atoms with Crippen LogP contribution in [0.3, 0.4) is 0 Å². The van der Waals surface area contributed by atoms with Crippen molar-refractivity contribution in [2.45, 2.75) is 0 Å². The number of para-hydroxylation sites is 2. The SMILES string of the molecule is c1ccc2c(-c3cccc4c3oc3c4ccc4c5ccccc5oc43)c3ccccc3cc2c1. The van der Waals surface area contributed by atoms with Gasteiger partial charge in [-0.05, 0) is 45.8 Å². The van der Waals surface area contributed by atoms with Gasteiger partial charge in [0.2, 0.25) is 0 Å². The number of fused-ring (bicyclic) bond motifs is 9. The van der Waals surface area contributed by atoms with Crippen LogP contribution in [0.5, 0.6) is 0 Å². The summed E-state index contributed by atoms with van der Waals surface area (Å²) in [5.41, 5.74) is 5.70. The average Bonchev–Trinajstić information content (AvgIpc) is 3.46. The van der Waals surface area contributed by atoms with Gasteiger partial charge in [-0.1, -0.05) is 84.9 Å². The Morgan fingerprint density at radius 2 is 0.941 bits per heavy atom. The third kappa shape index (κ3) is 2.29. The first-order valence-corrected chi connectivity index (χ1v) is 11.5. The zero-order chi connectivity index (χ0) is 22.2. The first-order chi connectivity index (χ1) is 16.9. The van der Waals surface area contributed by atoms with Gasteiger partial charge < -0.3 is 8.83 Å². The maximum Gasteiger partial charge on any atom is 0.178 e. The molecular formula is C32H18O2. The normalized spacial score (nSPS) is 12.1. The van der Waals surface area contributed by atoms with Gasteiger partial charge in [0, 0.05) is 32.7 Å². The smallest absolute Gasteiger partial charge is 0.178 e. The number of hydrogen-bond donors (Lipinski definition) is 0. The van der Waals surface area contributed by atoms with E-state index in [4.69, 9.17) is 8.83 Å². The van der Waals surface area contributed by atoms with Crippen LogP contribution in [0.2, 0.25) is 0 Å². The highest BCUT2D eigenvalue weighted by molar-refractivity contribution is 6.22. The lowest BCUT2D eigenvalue weighted by atomic mass is 9.91. The summed E-state index contributed by atoms with van der Waals surface area (Å²) >= 11 is 0. The van der Waals surface area contributed by atoms with Gasteiger partial charge in [-0.3, -0.25) is 0 Å². The zero-order valence-corrected chi connectivity index (χ0v) is 18.2. The predicted octanol–water partition coefficient (Wildman–Crippen LogP) is 9.46. The van der Waals surface area contributed by atoms with Crippen LogP contribution in [0.1, 0.15) is 0 Å². The van der Waals surface area contributed by atoms with Gasteiger partial charge in [0.05, 0.1) is 0 Å². The molecule has 158 valence electrons. The summed E-state index contributed by atoms with van der Waals surface area (Å²) in [5.74, 6) is 0. The van der Waals surface area contributed by atoms with Gasteiger partial charge in [0.25, 0.3) is 0 Å². The third-order valence-electron chi connectivity index (χ3n) is 7.05. The molecule has 8 aromatic rings. The minimum absolute atomic E-state index is 0.806. The molecule has 0 aliphatic carbocycles. The van der Waals surface area contributed by atoms with Crippen molar-refractivity contribution in [2.24, 2.45) is 0 Å². The number of furan rings is 2. The molecule has 2 heteroatoms. The molecule has 0 unspecified atom stereocenters. The van der Waals surface area contributed by atoms with E-state index in [-0.39, 0.29) is 0 Å². The zero-order valence-electron chi connectivity index (χ0n) is 18.2. The number of rotatable bonds is 1. The molecule has 0 amide bonds. The number of hydrogen-bond acceptors (Lipinski definition) is 2. The second-order valence-electron chi connectivity index (χ2n) is 8.90. The van der Waals surface area contributed by atoms with Gasteiger partial charge in [0.15, 0.2) is 11.2 Å². The standard InChI is InChI=1S/C32H18O2/c1-3-10-21-19(8-1)18-20-9-2-4-11-22(20)29(21)27-14-7-13-24-26-17-16-25-23-12-5-6-15-28(23)33-31(25)32(26)34-30(24)27/h1-18H. The first kappa shape index (κ1) is 17.9. The van der Waals surface area contributed by atoms with E-state index >= 15 is 0 Å². The molecule has 2 aromatic heterocycles. The molecule has 2 heterocycles. The highest BCUT2D eigenvalue weighted by Gasteiger charge is 2.19. The Morgan fingerprint density at radius 1 is 0.382 bits per heavy atom. The Labute approximate surface area is 194 Å². The monoisotopic (exact) mass is 434 g/mol. The quantitative estimate of drug-likeness (QED) is 0.240. The molecule has 0 N–H and O–H groups in total. The van der Waals surface area contributed by atoms with E-state index in [1.165, 1.54) is 27.1 Å². The molecule has 6 aromatic carbocycles. The van der Waals surface area contributed by atoms with Gasteiger partial charge in [-0.15, -0.1) is 0 Å². The van der Waals surface area contributed by atoms with Gasteiger partial charge in [0.1, 0.15) is 11.2 Å². The summed E-state index contributed by atoms with van der Waals surface area (Å²) < 4.78 is 13.0. The van der Waals surface area contributed by atoms with Crippen LogP contribution in [-0.2, 0) is 0 Å². The van der Waals surface area contributed by atoms with Crippen molar-refractivity contribution >= 4 is 65.4 Å². The summed E-state index contributed by atoms with van der Waals surface area (Å²) in [6.07, 6.45) is 0. The van der Waals surface area contributed by atoms with Crippen molar-refractivity contribution in [3.63, 3.8) is 0 Å². The van der Waals surface area contributed by atoms with Crippen molar-refractivity contribution in [3.8, 4) is 11.1 Å². The van der Waals surface area contributed by atoms with E-state index in [2.05, 4.69) is 91.0 Å². The van der Waals surface area contributed by atoms with Crippen molar-refractivity contribution in [3.05, 3.63) is 109 Å². The lowest BCUT2D eigenvalue weighted by Gasteiger charge is -2.12. The Balaban J connectivity index is 1.55. The minimum atomic E-state index is 0.806. The highest BCUT2D eigenvalue weighted by atomic mass is 16.4. The van der Waals surface area contributed by atoms with Crippen LogP contribution in [0.4, 0.5) is 0 Å². The van der Waals surface area contributed by atoms with E-state index in [0.717, 1.165) is 49.4 Å². The van der Waals surface area contributed by atoms with Gasteiger partial charge in [-0.25, -0.2) is 0 Å². The molecule has 0 bridgehead atoms. The lowest BCUT2D eigenvalue weighted by Crippen LogP contribution is -1.86. The van der Waals surface area contributed by atoms with Crippen molar-refractivity contribution in [1.29, 1.82) is 0 Å². The van der Waals surface area contributed by atoms with Gasteiger partial charge in [-0.2, -0.15) is 0 Å². The Bertz CT molecular complexity index is 2020. The molecule has 0 saturated carbocycles. The van der Waals surface area contributed by atoms with Crippen molar-refractivity contribution < 1.29 is 8.83 Å². The second kappa shape index (κ2) is 6.49. The van der Waals surface area contributed by atoms with Crippen LogP contribution in [-0.4, -0.2) is 0 Å². The Hall–Kier alpha value is -4.56. The molecule has 0 fully saturated rings. The maximum atomic E-state index is 6.68. The minimum Gasteiger partial charge on any atom is -0.452 e. The molecule has 0 saturated heterocycles. The fourth-order valence-corrected chi connectivity index (χ4v) is 5.54. The topological polar surface area (TPSA) is 26.3 Å². The second-order valence-corrected chi connectivity index (χ2v) is 8.90. The van der Waals surface area contributed by atoms with E-state index in [9.17, 15) is 0 Å². The van der Waals surface area contributed by atoms with Crippen LogP contribution >= 0.6 is 0 Å². The summed E-state index contributed by atoms with van der Waals surface area (Å²) in [4.78, 5) is 0. The molecule has 2 nitrogen and oxygen atoms in total. The van der Waals surface area contributed by atoms with Crippen LogP contribution < -0.4 is 0 Å². The van der Waals surface area contributed by atoms with Crippen LogP contribution in [0.25, 0.3) is 76.5 Å². The molecule has 8 rings (SSSR count). The fraction of sp³-hybridized carbons (Fsp3) is 0. The molecule has 0 radical (unpaired) electrons. The number of benzene rings is 6.